The summed E-state index contributed by atoms with van der Waals surface area (Å²) in [5.41, 5.74) is 0.866. The van der Waals surface area contributed by atoms with E-state index in [0.29, 0.717) is 19.5 Å². The molecule has 21 heavy (non-hydrogen) atoms. The second-order valence-corrected chi connectivity index (χ2v) is 4.93. The van der Waals surface area contributed by atoms with Crippen molar-refractivity contribution in [2.45, 2.75) is 18.7 Å². The summed E-state index contributed by atoms with van der Waals surface area (Å²) in [6, 6.07) is 5.75. The number of carbonyl (C=O) groups is 1. The number of halogens is 3. The molecule has 1 heterocycles. The van der Waals surface area contributed by atoms with Crippen LogP contribution in [-0.4, -0.2) is 32.5 Å². The molecule has 1 saturated heterocycles. The van der Waals surface area contributed by atoms with Crippen LogP contribution < -0.4 is 10.1 Å². The molecule has 0 aromatic heterocycles. The van der Waals surface area contributed by atoms with Crippen LogP contribution in [0.5, 0.6) is 5.75 Å². The highest BCUT2D eigenvalue weighted by Gasteiger charge is 2.31. The molecule has 1 aromatic rings. The maximum atomic E-state index is 12.1. The minimum atomic E-state index is -4.69. The molecule has 4 nitrogen and oxygen atoms in total. The summed E-state index contributed by atoms with van der Waals surface area (Å²) >= 11 is 0. The molecule has 2 atom stereocenters. The number of hydrogen-bond acceptors (Lipinski definition) is 4. The molecular weight excluding hydrogens is 287 g/mol. The summed E-state index contributed by atoms with van der Waals surface area (Å²) < 4.78 is 44.8. The average molecular weight is 303 g/mol. The second-order valence-electron chi connectivity index (χ2n) is 4.93. The van der Waals surface area contributed by atoms with Crippen molar-refractivity contribution in [1.82, 2.24) is 5.32 Å². The molecule has 0 spiro atoms. The van der Waals surface area contributed by atoms with Crippen molar-refractivity contribution in [2.75, 3.05) is 20.2 Å². The van der Waals surface area contributed by atoms with Gasteiger partial charge in [0.05, 0.1) is 13.0 Å². The van der Waals surface area contributed by atoms with Gasteiger partial charge >= 0.3 is 12.3 Å². The average Bonchev–Trinajstić information content (AvgIpc) is 2.45. The molecule has 1 aliphatic rings. The number of esters is 1. The van der Waals surface area contributed by atoms with Gasteiger partial charge in [-0.15, -0.1) is 13.2 Å². The van der Waals surface area contributed by atoms with Crippen molar-refractivity contribution < 1.29 is 27.4 Å². The fourth-order valence-electron chi connectivity index (χ4n) is 2.48. The van der Waals surface area contributed by atoms with Crippen LogP contribution in [0.4, 0.5) is 13.2 Å². The Labute approximate surface area is 120 Å². The lowest BCUT2D eigenvalue weighted by molar-refractivity contribution is -0.274. The normalized spacial score (nSPS) is 22.7. The molecule has 1 aromatic carbocycles. The van der Waals surface area contributed by atoms with E-state index in [2.05, 4.69) is 10.1 Å². The molecule has 2 unspecified atom stereocenters. The predicted molar refractivity (Wildman–Crippen MR) is 68.9 cm³/mol. The zero-order valence-electron chi connectivity index (χ0n) is 11.4. The number of nitrogens with one attached hydrogen (secondary N) is 1. The highest BCUT2D eigenvalue weighted by molar-refractivity contribution is 5.72. The van der Waals surface area contributed by atoms with Crippen LogP contribution >= 0.6 is 0 Å². The zero-order chi connectivity index (χ0) is 15.5. The van der Waals surface area contributed by atoms with E-state index in [1.165, 1.54) is 19.2 Å². The van der Waals surface area contributed by atoms with Crippen molar-refractivity contribution in [3.63, 3.8) is 0 Å². The zero-order valence-corrected chi connectivity index (χ0v) is 11.4. The largest absolute Gasteiger partial charge is 0.573 e. The molecule has 0 saturated carbocycles. The fourth-order valence-corrected chi connectivity index (χ4v) is 2.48. The van der Waals surface area contributed by atoms with Crippen molar-refractivity contribution in [3.8, 4) is 5.75 Å². The molecule has 1 N–H and O–H groups in total. The first-order valence-corrected chi connectivity index (χ1v) is 6.53. The molecule has 7 heteroatoms. The molecule has 2 rings (SSSR count). The van der Waals surface area contributed by atoms with Gasteiger partial charge in [-0.3, -0.25) is 4.79 Å². The van der Waals surface area contributed by atoms with Gasteiger partial charge < -0.3 is 14.8 Å². The van der Waals surface area contributed by atoms with Gasteiger partial charge in [0.25, 0.3) is 0 Å². The molecule has 0 bridgehead atoms. The van der Waals surface area contributed by atoms with E-state index in [4.69, 9.17) is 4.74 Å². The molecular formula is C14H16F3NO3. The van der Waals surface area contributed by atoms with E-state index in [0.717, 1.165) is 5.56 Å². The summed E-state index contributed by atoms with van der Waals surface area (Å²) in [5.74, 6) is -0.702. The van der Waals surface area contributed by atoms with E-state index < -0.39 is 6.36 Å². The van der Waals surface area contributed by atoms with Gasteiger partial charge in [-0.2, -0.15) is 0 Å². The number of hydrogen-bond donors (Lipinski definition) is 1. The number of rotatable bonds is 3. The van der Waals surface area contributed by atoms with Gasteiger partial charge in [0.15, 0.2) is 0 Å². The summed E-state index contributed by atoms with van der Waals surface area (Å²) in [5, 5.41) is 3.14. The Bertz CT molecular complexity index is 487. The third-order valence-corrected chi connectivity index (χ3v) is 3.47. The van der Waals surface area contributed by atoms with E-state index in [1.54, 1.807) is 12.1 Å². The standard InChI is InChI=1S/C14H16F3NO3/c1-20-13(19)11-6-10(7-18-8-11)9-2-4-12(5-3-9)21-14(15,16)17/h2-5,10-11,18H,6-8H2,1H3. The van der Waals surface area contributed by atoms with Crippen LogP contribution in [0.3, 0.4) is 0 Å². The quantitative estimate of drug-likeness (QED) is 0.871. The second kappa shape index (κ2) is 6.34. The SMILES string of the molecule is COC(=O)C1CNCC(c2ccc(OC(F)(F)F)cc2)C1. The van der Waals surface area contributed by atoms with Gasteiger partial charge in [0.2, 0.25) is 0 Å². The first-order chi connectivity index (χ1) is 9.89. The molecule has 0 amide bonds. The van der Waals surface area contributed by atoms with Crippen LogP contribution in [0, 0.1) is 5.92 Å². The highest BCUT2D eigenvalue weighted by Crippen LogP contribution is 2.29. The summed E-state index contributed by atoms with van der Waals surface area (Å²) in [6.45, 7) is 1.23. The minimum absolute atomic E-state index is 0.0581. The first kappa shape index (κ1) is 15.6. The van der Waals surface area contributed by atoms with Crippen molar-refractivity contribution in [1.29, 1.82) is 0 Å². The van der Waals surface area contributed by atoms with Crippen LogP contribution in [-0.2, 0) is 9.53 Å². The van der Waals surface area contributed by atoms with Gasteiger partial charge in [-0.05, 0) is 30.0 Å². The van der Waals surface area contributed by atoms with E-state index in [1.807, 2.05) is 0 Å². The van der Waals surface area contributed by atoms with E-state index in [9.17, 15) is 18.0 Å². The highest BCUT2D eigenvalue weighted by atomic mass is 19.4. The molecule has 0 radical (unpaired) electrons. The number of alkyl halides is 3. The molecule has 1 fully saturated rings. The Morgan fingerprint density at radius 3 is 2.48 bits per heavy atom. The van der Waals surface area contributed by atoms with Crippen LogP contribution in [0.2, 0.25) is 0 Å². The topological polar surface area (TPSA) is 47.6 Å². The number of methoxy groups -OCH3 is 1. The Kier molecular flexibility index (Phi) is 4.72. The monoisotopic (exact) mass is 303 g/mol. The molecule has 116 valence electrons. The first-order valence-electron chi connectivity index (χ1n) is 6.53. The molecule has 0 aliphatic carbocycles. The van der Waals surface area contributed by atoms with Crippen LogP contribution in [0.1, 0.15) is 17.9 Å². The number of carbonyl (C=O) groups excluding carboxylic acids is 1. The van der Waals surface area contributed by atoms with Gasteiger partial charge in [0, 0.05) is 13.1 Å². The maximum absolute atomic E-state index is 12.1. The van der Waals surface area contributed by atoms with Gasteiger partial charge in [-0.25, -0.2) is 0 Å². The lowest BCUT2D eigenvalue weighted by Crippen LogP contribution is -2.39. The summed E-state index contributed by atoms with van der Waals surface area (Å²) in [7, 11) is 1.34. The lowest BCUT2D eigenvalue weighted by Gasteiger charge is -2.28. The van der Waals surface area contributed by atoms with Gasteiger partial charge in [0.1, 0.15) is 5.75 Å². The third-order valence-electron chi connectivity index (χ3n) is 3.47. The fraction of sp³-hybridized carbons (Fsp3) is 0.500. The van der Waals surface area contributed by atoms with E-state index >= 15 is 0 Å². The van der Waals surface area contributed by atoms with Crippen molar-refractivity contribution >= 4 is 5.97 Å². The summed E-state index contributed by atoms with van der Waals surface area (Å²) in [4.78, 5) is 11.5. The number of piperidine rings is 1. The third kappa shape index (κ3) is 4.35. The Balaban J connectivity index is 2.03. The molecule has 1 aliphatic heterocycles. The van der Waals surface area contributed by atoms with Crippen molar-refractivity contribution in [2.24, 2.45) is 5.92 Å². The minimum Gasteiger partial charge on any atom is -0.469 e. The summed E-state index contributed by atoms with van der Waals surface area (Å²) in [6.07, 6.45) is -4.08. The van der Waals surface area contributed by atoms with Crippen LogP contribution in [0.15, 0.2) is 24.3 Å². The van der Waals surface area contributed by atoms with Crippen LogP contribution in [0.25, 0.3) is 0 Å². The van der Waals surface area contributed by atoms with Gasteiger partial charge in [-0.1, -0.05) is 12.1 Å². The lowest BCUT2D eigenvalue weighted by atomic mass is 9.85. The Morgan fingerprint density at radius 1 is 1.24 bits per heavy atom. The van der Waals surface area contributed by atoms with Crippen molar-refractivity contribution in [3.05, 3.63) is 29.8 Å². The predicted octanol–water partition coefficient (Wildman–Crippen LogP) is 2.45. The Morgan fingerprint density at radius 2 is 1.90 bits per heavy atom. The Hall–Kier alpha value is -1.76. The van der Waals surface area contributed by atoms with E-state index in [-0.39, 0.29) is 23.6 Å². The smallest absolute Gasteiger partial charge is 0.469 e. The number of benzene rings is 1. The maximum Gasteiger partial charge on any atom is 0.573 e. The number of ether oxygens (including phenoxy) is 2.